The molecule has 0 aliphatic rings. The van der Waals surface area contributed by atoms with Gasteiger partial charge in [0.05, 0.1) is 12.7 Å². The Balaban J connectivity index is 1.53. The van der Waals surface area contributed by atoms with E-state index in [1.807, 2.05) is 55.7 Å². The topological polar surface area (TPSA) is 67.2 Å². The zero-order valence-corrected chi connectivity index (χ0v) is 15.4. The lowest BCUT2D eigenvalue weighted by atomic mass is 10.0. The van der Waals surface area contributed by atoms with Crippen LogP contribution in [0.2, 0.25) is 0 Å². The van der Waals surface area contributed by atoms with Gasteiger partial charge < -0.3 is 10.2 Å². The summed E-state index contributed by atoms with van der Waals surface area (Å²) in [5.41, 5.74) is 3.60. The predicted molar refractivity (Wildman–Crippen MR) is 104 cm³/mol. The van der Waals surface area contributed by atoms with E-state index in [1.54, 1.807) is 35.0 Å². The Kier molecular flexibility index (Phi) is 5.66. The Morgan fingerprint density at radius 1 is 1.04 bits per heavy atom. The summed E-state index contributed by atoms with van der Waals surface area (Å²) in [6.45, 7) is 0.407. The average molecular weight is 362 g/mol. The smallest absolute Gasteiger partial charge is 0.251 e. The van der Waals surface area contributed by atoms with Gasteiger partial charge in [0.2, 0.25) is 5.91 Å². The van der Waals surface area contributed by atoms with E-state index in [-0.39, 0.29) is 18.4 Å². The monoisotopic (exact) mass is 362 g/mol. The van der Waals surface area contributed by atoms with Crippen molar-refractivity contribution in [3.05, 3.63) is 78.1 Å². The number of likely N-dealkylation sites (N-methyl/N-ethyl adjacent to an activating group) is 1. The molecule has 1 heterocycles. The van der Waals surface area contributed by atoms with Crippen LogP contribution in [0.3, 0.4) is 0 Å². The zero-order valence-electron chi connectivity index (χ0n) is 15.4. The highest BCUT2D eigenvalue weighted by Gasteiger charge is 2.13. The van der Waals surface area contributed by atoms with Gasteiger partial charge in [-0.25, -0.2) is 0 Å². The van der Waals surface area contributed by atoms with Crippen LogP contribution in [0.1, 0.15) is 15.9 Å². The maximum Gasteiger partial charge on any atom is 0.251 e. The number of hydrogen-bond donors (Lipinski definition) is 1. The second kappa shape index (κ2) is 8.31. The molecule has 0 saturated heterocycles. The van der Waals surface area contributed by atoms with Crippen LogP contribution in [0.25, 0.3) is 11.1 Å². The van der Waals surface area contributed by atoms with Crippen molar-refractivity contribution < 1.29 is 9.59 Å². The highest BCUT2D eigenvalue weighted by molar-refractivity contribution is 5.96. The Morgan fingerprint density at radius 2 is 1.70 bits per heavy atom. The summed E-state index contributed by atoms with van der Waals surface area (Å²) in [5.74, 6) is -0.425. The molecule has 0 fully saturated rings. The summed E-state index contributed by atoms with van der Waals surface area (Å²) in [6, 6.07) is 17.3. The van der Waals surface area contributed by atoms with Gasteiger partial charge in [-0.05, 0) is 23.3 Å². The molecule has 2 amide bonds. The molecule has 1 N–H and O–H groups in total. The first-order chi connectivity index (χ1) is 13.0. The molecule has 3 rings (SSSR count). The van der Waals surface area contributed by atoms with Crippen LogP contribution in [0.5, 0.6) is 0 Å². The Morgan fingerprint density at radius 3 is 2.33 bits per heavy atom. The third kappa shape index (κ3) is 4.82. The number of rotatable bonds is 6. The fourth-order valence-corrected chi connectivity index (χ4v) is 2.75. The molecule has 0 spiro atoms. The highest BCUT2D eigenvalue weighted by Crippen LogP contribution is 2.19. The van der Waals surface area contributed by atoms with Crippen LogP contribution >= 0.6 is 0 Å². The lowest BCUT2D eigenvalue weighted by molar-refractivity contribution is -0.129. The SMILES string of the molecule is CN(Cc1cnn(C)c1)C(=O)CNC(=O)c1ccc(-c2ccccc2)cc1. The third-order valence-electron chi connectivity index (χ3n) is 4.26. The highest BCUT2D eigenvalue weighted by atomic mass is 16.2. The van der Waals surface area contributed by atoms with Crippen molar-refractivity contribution in [1.29, 1.82) is 0 Å². The van der Waals surface area contributed by atoms with Crippen molar-refractivity contribution in [3.8, 4) is 11.1 Å². The summed E-state index contributed by atoms with van der Waals surface area (Å²) in [4.78, 5) is 26.1. The van der Waals surface area contributed by atoms with Crippen molar-refractivity contribution in [3.63, 3.8) is 0 Å². The number of carbonyl (C=O) groups is 2. The lowest BCUT2D eigenvalue weighted by Crippen LogP contribution is -2.37. The van der Waals surface area contributed by atoms with E-state index in [0.717, 1.165) is 16.7 Å². The molecule has 0 unspecified atom stereocenters. The van der Waals surface area contributed by atoms with E-state index in [2.05, 4.69) is 10.4 Å². The Bertz CT molecular complexity index is 917. The molecule has 0 radical (unpaired) electrons. The minimum Gasteiger partial charge on any atom is -0.343 e. The van der Waals surface area contributed by atoms with Gasteiger partial charge in [-0.1, -0.05) is 42.5 Å². The van der Waals surface area contributed by atoms with Crippen molar-refractivity contribution in [1.82, 2.24) is 20.0 Å². The van der Waals surface area contributed by atoms with Gasteiger partial charge in [0.25, 0.3) is 5.91 Å². The predicted octanol–water partition coefficient (Wildman–Crippen LogP) is 2.48. The molecule has 2 aromatic carbocycles. The maximum absolute atomic E-state index is 12.3. The summed E-state index contributed by atoms with van der Waals surface area (Å²) in [7, 11) is 3.53. The summed E-state index contributed by atoms with van der Waals surface area (Å²) in [5, 5.41) is 6.76. The summed E-state index contributed by atoms with van der Waals surface area (Å²) >= 11 is 0. The lowest BCUT2D eigenvalue weighted by Gasteiger charge is -2.16. The van der Waals surface area contributed by atoms with Gasteiger partial charge in [0.1, 0.15) is 0 Å². The van der Waals surface area contributed by atoms with E-state index >= 15 is 0 Å². The maximum atomic E-state index is 12.3. The van der Waals surface area contributed by atoms with Crippen LogP contribution in [0.15, 0.2) is 67.0 Å². The molecule has 27 heavy (non-hydrogen) atoms. The average Bonchev–Trinajstić information content (AvgIpc) is 3.11. The van der Waals surface area contributed by atoms with Gasteiger partial charge >= 0.3 is 0 Å². The van der Waals surface area contributed by atoms with Crippen molar-refractivity contribution in [2.24, 2.45) is 7.05 Å². The normalized spacial score (nSPS) is 10.4. The number of hydrogen-bond acceptors (Lipinski definition) is 3. The Hall–Kier alpha value is -3.41. The number of benzene rings is 2. The fourth-order valence-electron chi connectivity index (χ4n) is 2.75. The van der Waals surface area contributed by atoms with Gasteiger partial charge in [-0.3, -0.25) is 14.3 Å². The minimum absolute atomic E-state index is 0.0456. The number of nitrogens with zero attached hydrogens (tertiary/aromatic N) is 3. The first kappa shape index (κ1) is 18.4. The van der Waals surface area contributed by atoms with Gasteiger partial charge in [-0.15, -0.1) is 0 Å². The second-order valence-electron chi connectivity index (χ2n) is 6.40. The molecule has 0 bridgehead atoms. The summed E-state index contributed by atoms with van der Waals surface area (Å²) in [6.07, 6.45) is 3.58. The first-order valence-corrected chi connectivity index (χ1v) is 8.68. The van der Waals surface area contributed by atoms with E-state index in [4.69, 9.17) is 0 Å². The van der Waals surface area contributed by atoms with Crippen LogP contribution in [0, 0.1) is 0 Å². The zero-order chi connectivity index (χ0) is 19.2. The molecule has 0 atom stereocenters. The molecule has 1 aromatic heterocycles. The number of carbonyl (C=O) groups excluding carboxylic acids is 2. The fraction of sp³-hybridized carbons (Fsp3) is 0.190. The van der Waals surface area contributed by atoms with Crippen LogP contribution in [0.4, 0.5) is 0 Å². The molecular weight excluding hydrogens is 340 g/mol. The van der Waals surface area contributed by atoms with Gasteiger partial charge in [0.15, 0.2) is 0 Å². The first-order valence-electron chi connectivity index (χ1n) is 8.68. The van der Waals surface area contributed by atoms with Crippen LogP contribution < -0.4 is 5.32 Å². The largest absolute Gasteiger partial charge is 0.343 e. The second-order valence-corrected chi connectivity index (χ2v) is 6.40. The molecule has 6 nitrogen and oxygen atoms in total. The number of nitrogens with one attached hydrogen (secondary N) is 1. The molecule has 138 valence electrons. The number of aryl methyl sites for hydroxylation is 1. The van der Waals surface area contributed by atoms with E-state index in [0.29, 0.717) is 12.1 Å². The van der Waals surface area contributed by atoms with E-state index in [1.165, 1.54) is 0 Å². The third-order valence-corrected chi connectivity index (χ3v) is 4.26. The van der Waals surface area contributed by atoms with Crippen molar-refractivity contribution >= 4 is 11.8 Å². The molecule has 6 heteroatoms. The standard InChI is InChI=1S/C21H22N4O2/c1-24(14-16-12-23-25(2)15-16)20(26)13-22-21(27)19-10-8-18(9-11-19)17-6-4-3-5-7-17/h3-12,15H,13-14H2,1-2H3,(H,22,27). The molecule has 0 aliphatic carbocycles. The van der Waals surface area contributed by atoms with Crippen LogP contribution in [-0.4, -0.2) is 40.1 Å². The quantitative estimate of drug-likeness (QED) is 0.733. The van der Waals surface area contributed by atoms with E-state index in [9.17, 15) is 9.59 Å². The van der Waals surface area contributed by atoms with E-state index < -0.39 is 0 Å². The van der Waals surface area contributed by atoms with Crippen molar-refractivity contribution in [2.75, 3.05) is 13.6 Å². The molecule has 3 aromatic rings. The number of amides is 2. The van der Waals surface area contributed by atoms with Gasteiger partial charge in [0, 0.05) is 38.0 Å². The number of aromatic nitrogens is 2. The molecule has 0 saturated carbocycles. The molecule has 0 aliphatic heterocycles. The minimum atomic E-state index is -0.266. The van der Waals surface area contributed by atoms with Crippen molar-refractivity contribution in [2.45, 2.75) is 6.54 Å². The van der Waals surface area contributed by atoms with Gasteiger partial charge in [-0.2, -0.15) is 5.10 Å². The summed E-state index contributed by atoms with van der Waals surface area (Å²) < 4.78 is 1.69. The van der Waals surface area contributed by atoms with Crippen LogP contribution in [-0.2, 0) is 18.4 Å². The molecular formula is C21H22N4O2. The Labute approximate surface area is 158 Å².